The molecule has 0 fully saturated rings. The summed E-state index contributed by atoms with van der Waals surface area (Å²) in [6.07, 6.45) is 0. The lowest BCUT2D eigenvalue weighted by Crippen LogP contribution is -0.856. The van der Waals surface area contributed by atoms with Crippen LogP contribution in [0.1, 0.15) is 139 Å². The molecule has 0 saturated heterocycles. The summed E-state index contributed by atoms with van der Waals surface area (Å²) in [4.78, 5) is 0. The van der Waals surface area contributed by atoms with Gasteiger partial charge in [-0.25, -0.2) is 0 Å². The zero-order valence-corrected chi connectivity index (χ0v) is 7.21. The quantitative estimate of drug-likeness (QED) is 0.416. The van der Waals surface area contributed by atoms with Crippen LogP contribution in [0.3, 0.4) is 0 Å². The van der Waals surface area contributed by atoms with Gasteiger partial charge in [0.2, 0.25) is 0 Å². The molecule has 0 nitrogen and oxygen atoms in total. The first kappa shape index (κ1) is 64.2. The zero-order chi connectivity index (χ0) is 13.2. The molecule has 0 spiro atoms. The van der Waals surface area contributed by atoms with Crippen LogP contribution in [0, 0.1) is 0 Å². The maximum atomic E-state index is 5.94. The molecule has 0 aromatic heterocycles. The van der Waals surface area contributed by atoms with E-state index in [1.54, 1.807) is 0 Å². The second-order valence-corrected chi connectivity index (χ2v) is 0. The van der Waals surface area contributed by atoms with Crippen molar-refractivity contribution in [3.63, 3.8) is 0 Å². The zero-order valence-electron chi connectivity index (χ0n) is 13.2. The highest BCUT2D eigenvalue weighted by Crippen LogP contribution is 1.15. The summed E-state index contributed by atoms with van der Waals surface area (Å²) < 4.78 is 35.5. The summed E-state index contributed by atoms with van der Waals surface area (Å²) in [5.74, 6) is 0. The second-order valence-electron chi connectivity index (χ2n) is 0. The summed E-state index contributed by atoms with van der Waals surface area (Å²) in [6.45, 7) is 12.0. The van der Waals surface area contributed by atoms with Crippen molar-refractivity contribution in [1.82, 2.24) is 0 Å². The minimum absolute atomic E-state index is 0. The maximum Gasteiger partial charge on any atom is 0.0194 e. The van der Waals surface area contributed by atoms with Crippen molar-refractivity contribution in [3.05, 3.63) is 0 Å². The molecule has 0 radical (unpaired) electrons. The number of hydrogen-bond acceptors (Lipinski definition) is 0. The van der Waals surface area contributed by atoms with Crippen LogP contribution in [0.15, 0.2) is 0 Å². The summed E-state index contributed by atoms with van der Waals surface area (Å²) in [6, 6.07) is 0. The lowest BCUT2D eigenvalue weighted by molar-refractivity contribution is 1.50. The van der Waals surface area contributed by atoms with E-state index in [9.17, 15) is 0 Å². The molecule has 0 N–H and O–H groups in total. The largest absolute Gasteiger partial charge is 0.0776 e. The van der Waals surface area contributed by atoms with Crippen molar-refractivity contribution in [2.45, 2.75) is 131 Å². The summed E-state index contributed by atoms with van der Waals surface area (Å²) >= 11 is 0. The minimum Gasteiger partial charge on any atom is -0.0776 e. The van der Waals surface area contributed by atoms with E-state index >= 15 is 0 Å². The first-order valence-corrected chi connectivity index (χ1v) is 3.00. The van der Waals surface area contributed by atoms with E-state index in [1.165, 1.54) is 0 Å². The van der Waals surface area contributed by atoms with Crippen molar-refractivity contribution in [2.75, 3.05) is 0 Å². The Labute approximate surface area is 139 Å². The van der Waals surface area contributed by atoms with Crippen molar-refractivity contribution < 1.29 is 8.22 Å². The third kappa shape index (κ3) is 0. The van der Waals surface area contributed by atoms with E-state index in [0.29, 0.717) is 0 Å². The van der Waals surface area contributed by atoms with E-state index in [1.807, 2.05) is 41.5 Å². The molecular formula is C18H66. The Kier molecular flexibility index (Phi) is 0. The smallest absolute Gasteiger partial charge is 0.0194 e. The number of rotatable bonds is 0. The normalized spacial score (nSPS) is 5.67. The second kappa shape index (κ2) is 0. The predicted octanol–water partition coefficient (Wildman–Crippen LogP) is 10.7. The monoisotopic (exact) mass is 291 g/mol. The standard InChI is InChI=1S/3C2H6.12CH4/c3*1-2;;;;;;;;;;;;/h3*1-2H3;12*1H4/i;;;1T2;1D4;;;;;;;;;;. The van der Waals surface area contributed by atoms with E-state index in [2.05, 4.69) is 0 Å². The maximum absolute atomic E-state index is 5.94. The topological polar surface area (TPSA) is 0 Å². The summed E-state index contributed by atoms with van der Waals surface area (Å²) in [7, 11) is -2.75. The Morgan fingerprint density at radius 2 is 0.500 bits per heavy atom. The van der Waals surface area contributed by atoms with Crippen molar-refractivity contribution in [2.24, 2.45) is 0 Å². The minimum atomic E-state index is -2.50. The summed E-state index contributed by atoms with van der Waals surface area (Å²) in [5.41, 5.74) is 0. The van der Waals surface area contributed by atoms with Gasteiger partial charge < -0.3 is 0 Å². The highest BCUT2D eigenvalue weighted by molar-refractivity contribution is 3.51. The fraction of sp³-hybridized carbons (Fsp3) is 1.00. The lowest BCUT2D eigenvalue weighted by atomic mass is 11.0. The van der Waals surface area contributed by atoms with Crippen LogP contribution in [0.25, 0.3) is 0 Å². The first-order valence-electron chi connectivity index (χ1n) is 6.41. The van der Waals surface area contributed by atoms with Crippen LogP contribution in [0.5, 0.6) is 0 Å². The fourth-order valence-corrected chi connectivity index (χ4v) is 0. The van der Waals surface area contributed by atoms with Crippen LogP contribution in [0.2, 0.25) is 0 Å². The Morgan fingerprint density at radius 1 is 0.500 bits per heavy atom. The average Bonchev–Trinajstić information content (AvgIpc) is 2.12. The molecule has 0 rings (SSSR count). The third-order valence-electron chi connectivity index (χ3n) is 0. The van der Waals surface area contributed by atoms with Gasteiger partial charge in [0.05, 0.1) is 0 Å². The van der Waals surface area contributed by atoms with Gasteiger partial charge in [0.25, 0.3) is 0 Å². The van der Waals surface area contributed by atoms with Crippen LogP contribution >= 0.6 is 0 Å². The van der Waals surface area contributed by atoms with E-state index in [-0.39, 0.29) is 81.6 Å². The van der Waals surface area contributed by atoms with Gasteiger partial charge in [0, 0.05) is 8.22 Å². The van der Waals surface area contributed by atoms with Crippen molar-refractivity contribution in [3.8, 4) is 0 Å². The van der Waals surface area contributed by atoms with E-state index in [4.69, 9.17) is 8.22 Å². The molecule has 0 amide bonds. The first-order chi connectivity index (χ1) is 6.41. The Balaban J connectivity index is -0.00000000306. The molecule has 0 heterocycles. The molecule has 0 aliphatic heterocycles. The van der Waals surface area contributed by atoms with Gasteiger partial charge in [-0.2, -0.15) is 0 Å². The third-order valence-corrected chi connectivity index (χ3v) is 0. The average molecular weight is 291 g/mol. The SMILES string of the molecule is C.C.C.C.C.C.C.C.C.C.CC.CC.CC.[2H]C([2H])([2H])[2H].[3H]C[3H]. The van der Waals surface area contributed by atoms with E-state index in [0.717, 1.165) is 0 Å². The lowest BCUT2D eigenvalue weighted by Gasteiger charge is -1.07. The number of hydrogen-bond donors (Lipinski definition) is 0. The van der Waals surface area contributed by atoms with Crippen LogP contribution in [-0.4, -0.2) is 0 Å². The highest BCUT2D eigenvalue weighted by Gasteiger charge is 0.936. The van der Waals surface area contributed by atoms with Gasteiger partial charge >= 0.3 is 0 Å². The van der Waals surface area contributed by atoms with Crippen LogP contribution in [-0.2, 0) is 0 Å². The fourth-order valence-electron chi connectivity index (χ4n) is 0. The van der Waals surface area contributed by atoms with Crippen LogP contribution in [0.4, 0.5) is 0 Å². The highest BCUT2D eigenvalue weighted by atomic mass is 13.0. The Morgan fingerprint density at radius 3 is 0.500 bits per heavy atom. The Bertz CT molecular complexity index is 43.3. The molecule has 0 aliphatic rings. The molecule has 0 aromatic carbocycles. The van der Waals surface area contributed by atoms with Crippen LogP contribution < -0.4 is 0 Å². The van der Waals surface area contributed by atoms with E-state index < -0.39 is 7.33 Å². The molecule has 18 heavy (non-hydrogen) atoms. The van der Waals surface area contributed by atoms with Gasteiger partial charge in [-0.15, -0.1) is 0 Å². The van der Waals surface area contributed by atoms with Gasteiger partial charge in [-0.3, -0.25) is 0 Å². The molecule has 0 aromatic rings. The molecule has 0 saturated carbocycles. The molecule has 138 valence electrons. The molecule has 0 bridgehead atoms. The molecule has 0 heteroatoms. The molecule has 0 atom stereocenters. The van der Waals surface area contributed by atoms with Crippen molar-refractivity contribution in [1.29, 1.82) is 0 Å². The molecule has 0 aliphatic carbocycles. The Hall–Kier alpha value is 0. The molecule has 0 unspecified atom stereocenters. The van der Waals surface area contributed by atoms with Gasteiger partial charge in [0.15, 0.2) is 0 Å². The van der Waals surface area contributed by atoms with Crippen molar-refractivity contribution >= 4 is 0 Å². The molecular weight excluding hydrogens is 216 g/mol. The van der Waals surface area contributed by atoms with Gasteiger partial charge in [-0.05, 0) is 0 Å². The predicted molar refractivity (Wildman–Crippen MR) is 115 cm³/mol. The van der Waals surface area contributed by atoms with Gasteiger partial charge in [-0.1, -0.05) is 131 Å². The van der Waals surface area contributed by atoms with Gasteiger partial charge in [0.1, 0.15) is 0 Å². The summed E-state index contributed by atoms with van der Waals surface area (Å²) in [5, 5.41) is 0.